The van der Waals surface area contributed by atoms with Crippen LogP contribution in [0.2, 0.25) is 0 Å². The van der Waals surface area contributed by atoms with Crippen molar-refractivity contribution in [1.29, 1.82) is 0 Å². The molecule has 1 aromatic heterocycles. The van der Waals surface area contributed by atoms with Gasteiger partial charge in [-0.1, -0.05) is 0 Å². The summed E-state index contributed by atoms with van der Waals surface area (Å²) >= 11 is 0. The molecule has 1 aliphatic heterocycles. The summed E-state index contributed by atoms with van der Waals surface area (Å²) in [6.07, 6.45) is -2.87. The van der Waals surface area contributed by atoms with Crippen molar-refractivity contribution in [3.05, 3.63) is 6.33 Å². The fourth-order valence-electron chi connectivity index (χ4n) is 1.86. The molecule has 0 spiro atoms. The maximum Gasteiger partial charge on any atom is 0.211 e. The van der Waals surface area contributed by atoms with E-state index in [-0.39, 0.29) is 17.3 Å². The van der Waals surface area contributed by atoms with Crippen LogP contribution < -0.4 is 16.4 Å². The minimum Gasteiger partial charge on any atom is -0.394 e. The maximum atomic E-state index is 10.5. The van der Waals surface area contributed by atoms with E-state index < -0.39 is 31.1 Å². The van der Waals surface area contributed by atoms with Gasteiger partial charge in [-0.05, 0) is 0 Å². The molecule has 0 aromatic carbocycles. The average molecular weight is 285 g/mol. The summed E-state index contributed by atoms with van der Waals surface area (Å²) < 4.78 is 5.23. The van der Waals surface area contributed by atoms with Crippen molar-refractivity contribution in [3.8, 4) is 0 Å². The number of hydrogen-bond acceptors (Lipinski definition) is 9. The molecule has 20 heavy (non-hydrogen) atoms. The first kappa shape index (κ1) is 14.4. The average Bonchev–Trinajstić information content (AvgIpc) is 2.70. The first-order chi connectivity index (χ1) is 9.58. The zero-order valence-electron chi connectivity index (χ0n) is 10.3. The lowest BCUT2D eigenvalue weighted by atomic mass is 10.1. The molecule has 0 saturated carbocycles. The van der Waals surface area contributed by atoms with Crippen molar-refractivity contribution in [2.75, 3.05) is 23.0 Å². The Labute approximate surface area is 113 Å². The number of amides is 1. The number of nitrogen functional groups attached to an aromatic ring is 1. The first-order valence-corrected chi connectivity index (χ1v) is 5.78. The summed E-state index contributed by atoms with van der Waals surface area (Å²) in [5.41, 5.74) is 5.72. The van der Waals surface area contributed by atoms with Gasteiger partial charge < -0.3 is 36.4 Å². The van der Waals surface area contributed by atoms with Gasteiger partial charge in [-0.15, -0.1) is 0 Å². The number of aliphatic hydroxyl groups excluding tert-OH is 3. The van der Waals surface area contributed by atoms with Crippen LogP contribution >= 0.6 is 0 Å². The zero-order valence-corrected chi connectivity index (χ0v) is 10.3. The lowest BCUT2D eigenvalue weighted by Crippen LogP contribution is -2.36. The fourth-order valence-corrected chi connectivity index (χ4v) is 1.86. The number of aromatic nitrogens is 2. The highest BCUT2D eigenvalue weighted by Gasteiger charge is 2.42. The molecular weight excluding hydrogens is 270 g/mol. The Bertz CT molecular complexity index is 487. The number of nitrogens with one attached hydrogen (secondary N) is 2. The van der Waals surface area contributed by atoms with Gasteiger partial charge in [0.15, 0.2) is 17.9 Å². The van der Waals surface area contributed by atoms with E-state index in [1.54, 1.807) is 0 Å². The highest BCUT2D eigenvalue weighted by atomic mass is 16.6. The quantitative estimate of drug-likeness (QED) is 0.320. The second kappa shape index (κ2) is 5.96. The molecule has 1 aromatic rings. The molecule has 0 aliphatic carbocycles. The minimum absolute atomic E-state index is 0.0290. The van der Waals surface area contributed by atoms with E-state index in [4.69, 9.17) is 15.6 Å². The van der Waals surface area contributed by atoms with Crippen molar-refractivity contribution in [1.82, 2.24) is 9.97 Å². The Morgan fingerprint density at radius 1 is 1.40 bits per heavy atom. The van der Waals surface area contributed by atoms with Crippen LogP contribution in [0.4, 0.5) is 17.3 Å². The molecule has 2 rings (SSSR count). The maximum absolute atomic E-state index is 10.5. The summed E-state index contributed by atoms with van der Waals surface area (Å²) in [6.45, 7) is -0.443. The normalized spacial score (nSPS) is 29.1. The van der Waals surface area contributed by atoms with Crippen LogP contribution in [-0.2, 0) is 9.53 Å². The highest BCUT2D eigenvalue weighted by molar-refractivity contribution is 5.85. The van der Waals surface area contributed by atoms with Crippen molar-refractivity contribution < 1.29 is 24.9 Å². The van der Waals surface area contributed by atoms with E-state index in [1.165, 1.54) is 0 Å². The van der Waals surface area contributed by atoms with Crippen LogP contribution in [0.5, 0.6) is 0 Å². The van der Waals surface area contributed by atoms with Crippen molar-refractivity contribution >= 4 is 23.7 Å². The number of carbonyl (C=O) groups excluding carboxylic acids is 1. The SMILES string of the molecule is Nc1ncnc(N[C@@H]2O[C@H](CO)[C@@H](O)[C@H]2O)c1NC=O. The molecule has 1 aliphatic rings. The monoisotopic (exact) mass is 285 g/mol. The molecule has 0 bridgehead atoms. The predicted octanol–water partition coefficient (Wildman–Crippen LogP) is -2.52. The standard InChI is InChI=1S/C10H15N5O5/c11-8-5(14-3-17)9(13-2-12-8)15-10-7(19)6(18)4(1-16)20-10/h2-4,6-7,10,16,18-19H,1H2,(H,14,17)(H3,11,12,13,15)/t4-,6-,7-,10-/m1/s1. The molecule has 1 amide bonds. The van der Waals surface area contributed by atoms with Gasteiger partial charge in [0.1, 0.15) is 30.3 Å². The Hall–Kier alpha value is -2.01. The number of nitrogens with zero attached hydrogens (tertiary/aromatic N) is 2. The van der Waals surface area contributed by atoms with E-state index in [1.807, 2.05) is 0 Å². The van der Waals surface area contributed by atoms with Crippen LogP contribution in [0.1, 0.15) is 0 Å². The summed E-state index contributed by atoms with van der Waals surface area (Å²) in [4.78, 5) is 18.1. The second-order valence-electron chi connectivity index (χ2n) is 4.15. The van der Waals surface area contributed by atoms with Gasteiger partial charge >= 0.3 is 0 Å². The third-order valence-corrected chi connectivity index (χ3v) is 2.90. The summed E-state index contributed by atoms with van der Waals surface area (Å²) in [7, 11) is 0. The number of anilines is 3. The summed E-state index contributed by atoms with van der Waals surface area (Å²) in [5, 5.41) is 33.4. The fraction of sp³-hybridized carbons (Fsp3) is 0.500. The third-order valence-electron chi connectivity index (χ3n) is 2.90. The van der Waals surface area contributed by atoms with Gasteiger partial charge in [-0.3, -0.25) is 4.79 Å². The topological polar surface area (TPSA) is 163 Å². The Morgan fingerprint density at radius 2 is 2.15 bits per heavy atom. The number of carbonyl (C=O) groups is 1. The second-order valence-corrected chi connectivity index (χ2v) is 4.15. The molecule has 1 fully saturated rings. The summed E-state index contributed by atoms with van der Waals surface area (Å²) in [5.74, 6) is 0.154. The third kappa shape index (κ3) is 2.63. The molecule has 2 heterocycles. The Kier molecular flexibility index (Phi) is 4.29. The zero-order chi connectivity index (χ0) is 14.7. The van der Waals surface area contributed by atoms with E-state index in [2.05, 4.69) is 20.6 Å². The van der Waals surface area contributed by atoms with Gasteiger partial charge in [-0.25, -0.2) is 9.97 Å². The molecular formula is C10H15N5O5. The van der Waals surface area contributed by atoms with E-state index >= 15 is 0 Å². The molecule has 4 atom stereocenters. The molecule has 1 saturated heterocycles. The van der Waals surface area contributed by atoms with E-state index in [0.29, 0.717) is 6.41 Å². The highest BCUT2D eigenvalue weighted by Crippen LogP contribution is 2.27. The molecule has 0 radical (unpaired) electrons. The number of aliphatic hydroxyl groups is 3. The van der Waals surface area contributed by atoms with Crippen LogP contribution in [0, 0.1) is 0 Å². The molecule has 110 valence electrons. The molecule has 10 heteroatoms. The Balaban J connectivity index is 2.18. The van der Waals surface area contributed by atoms with Crippen LogP contribution in [0.3, 0.4) is 0 Å². The molecule has 0 unspecified atom stereocenters. The van der Waals surface area contributed by atoms with Crippen LogP contribution in [0.25, 0.3) is 0 Å². The van der Waals surface area contributed by atoms with E-state index in [0.717, 1.165) is 6.33 Å². The van der Waals surface area contributed by atoms with Gasteiger partial charge in [-0.2, -0.15) is 0 Å². The smallest absolute Gasteiger partial charge is 0.211 e. The lowest BCUT2D eigenvalue weighted by molar-refractivity contribution is -0.105. The van der Waals surface area contributed by atoms with Crippen LogP contribution in [0.15, 0.2) is 6.33 Å². The van der Waals surface area contributed by atoms with Crippen molar-refractivity contribution in [3.63, 3.8) is 0 Å². The molecule has 10 nitrogen and oxygen atoms in total. The number of rotatable bonds is 5. The largest absolute Gasteiger partial charge is 0.394 e. The summed E-state index contributed by atoms with van der Waals surface area (Å²) in [6, 6.07) is 0. The predicted molar refractivity (Wildman–Crippen MR) is 67.5 cm³/mol. The lowest BCUT2D eigenvalue weighted by Gasteiger charge is -2.19. The Morgan fingerprint density at radius 3 is 2.75 bits per heavy atom. The van der Waals surface area contributed by atoms with Gasteiger partial charge in [0, 0.05) is 0 Å². The molecule has 7 N–H and O–H groups in total. The minimum atomic E-state index is -1.27. The van der Waals surface area contributed by atoms with Crippen molar-refractivity contribution in [2.24, 2.45) is 0 Å². The number of nitrogens with two attached hydrogens (primary N) is 1. The first-order valence-electron chi connectivity index (χ1n) is 5.78. The van der Waals surface area contributed by atoms with E-state index in [9.17, 15) is 15.0 Å². The number of ether oxygens (including phenoxy) is 1. The number of hydrogen-bond donors (Lipinski definition) is 6. The van der Waals surface area contributed by atoms with Crippen LogP contribution in [-0.4, -0.2) is 62.8 Å². The van der Waals surface area contributed by atoms with Gasteiger partial charge in [0.25, 0.3) is 0 Å². The van der Waals surface area contributed by atoms with Gasteiger partial charge in [0.05, 0.1) is 6.61 Å². The van der Waals surface area contributed by atoms with Gasteiger partial charge in [0.2, 0.25) is 6.41 Å². The van der Waals surface area contributed by atoms with Crippen molar-refractivity contribution in [2.45, 2.75) is 24.5 Å².